The lowest BCUT2D eigenvalue weighted by Gasteiger charge is -2.05. The number of thioether (sulfide) groups is 1. The molecule has 0 saturated carbocycles. The smallest absolute Gasteiger partial charge is 0.257 e. The minimum atomic E-state index is -0.158. The van der Waals surface area contributed by atoms with Gasteiger partial charge in [0, 0.05) is 17.2 Å². The van der Waals surface area contributed by atoms with Gasteiger partial charge in [0.05, 0.1) is 16.2 Å². The number of carbonyl (C=O) groups excluding carboxylic acids is 2. The molecule has 0 fully saturated rings. The fourth-order valence-corrected chi connectivity index (χ4v) is 4.27. The van der Waals surface area contributed by atoms with Crippen molar-refractivity contribution in [1.29, 1.82) is 0 Å². The van der Waals surface area contributed by atoms with E-state index < -0.39 is 0 Å². The van der Waals surface area contributed by atoms with Crippen LogP contribution < -0.4 is 5.32 Å². The zero-order valence-electron chi connectivity index (χ0n) is 15.3. The quantitative estimate of drug-likeness (QED) is 0.444. The van der Waals surface area contributed by atoms with E-state index in [1.165, 1.54) is 11.8 Å². The first kappa shape index (κ1) is 19.5. The maximum Gasteiger partial charge on any atom is 0.257 e. The van der Waals surface area contributed by atoms with Crippen LogP contribution in [0.4, 0.5) is 0 Å². The molecular weight excluding hydrogens is 408 g/mol. The van der Waals surface area contributed by atoms with E-state index in [0.717, 1.165) is 23.0 Å². The Morgan fingerprint density at radius 3 is 2.69 bits per heavy atom. The van der Waals surface area contributed by atoms with Crippen LogP contribution in [0.25, 0.3) is 22.4 Å². The molecule has 5 nitrogen and oxygen atoms in total. The molecule has 146 valence electrons. The summed E-state index contributed by atoms with van der Waals surface area (Å²) < 4.78 is 5.27. The van der Waals surface area contributed by atoms with Gasteiger partial charge in [0.25, 0.3) is 5.91 Å². The number of hydrogen-bond donors (Lipinski definition) is 1. The van der Waals surface area contributed by atoms with Crippen molar-refractivity contribution in [1.82, 2.24) is 10.5 Å². The monoisotopic (exact) mass is 424 g/mol. The summed E-state index contributed by atoms with van der Waals surface area (Å²) in [5, 5.41) is 6.90. The van der Waals surface area contributed by atoms with Gasteiger partial charge in [-0.3, -0.25) is 9.59 Å². The van der Waals surface area contributed by atoms with Crippen LogP contribution >= 0.6 is 23.4 Å². The number of rotatable bonds is 6. The summed E-state index contributed by atoms with van der Waals surface area (Å²) in [5.74, 6) is 0.407. The summed E-state index contributed by atoms with van der Waals surface area (Å²) in [6.45, 7) is 0.251. The summed E-state index contributed by atoms with van der Waals surface area (Å²) in [6.07, 6.45) is 3.39. The number of aldehydes is 1. The van der Waals surface area contributed by atoms with Crippen molar-refractivity contribution in [3.63, 3.8) is 0 Å². The third-order valence-corrected chi connectivity index (χ3v) is 6.03. The van der Waals surface area contributed by atoms with Gasteiger partial charge in [0.15, 0.2) is 12.0 Å². The highest BCUT2D eigenvalue weighted by molar-refractivity contribution is 8.05. The molecule has 0 spiro atoms. The lowest BCUT2D eigenvalue weighted by atomic mass is 9.99. The van der Waals surface area contributed by atoms with E-state index in [-0.39, 0.29) is 17.2 Å². The third kappa shape index (κ3) is 4.44. The summed E-state index contributed by atoms with van der Waals surface area (Å²) in [6, 6.07) is 17.0. The molecule has 2 heterocycles. The van der Waals surface area contributed by atoms with Gasteiger partial charge in [0.2, 0.25) is 0 Å². The maximum absolute atomic E-state index is 12.1. The SMILES string of the molecule is O=Cc1ccccc1-c1ccc(-c2cc(CNC(=O)C3=CCC(Cl)S3)on2)cc1. The van der Waals surface area contributed by atoms with Crippen molar-refractivity contribution in [2.75, 3.05) is 0 Å². The molecule has 1 amide bonds. The van der Waals surface area contributed by atoms with E-state index in [0.29, 0.717) is 28.3 Å². The number of nitrogens with one attached hydrogen (secondary N) is 1. The van der Waals surface area contributed by atoms with Gasteiger partial charge in [-0.25, -0.2) is 0 Å². The number of nitrogens with zero attached hydrogens (tertiary/aromatic N) is 1. The average molecular weight is 425 g/mol. The predicted octanol–water partition coefficient (Wildman–Crippen LogP) is 5.02. The van der Waals surface area contributed by atoms with Gasteiger partial charge in [-0.2, -0.15) is 0 Å². The van der Waals surface area contributed by atoms with Crippen molar-refractivity contribution in [3.8, 4) is 22.4 Å². The van der Waals surface area contributed by atoms with Crippen molar-refractivity contribution in [2.24, 2.45) is 0 Å². The lowest BCUT2D eigenvalue weighted by molar-refractivity contribution is -0.117. The number of carbonyl (C=O) groups is 2. The van der Waals surface area contributed by atoms with Crippen LogP contribution in [-0.4, -0.2) is 22.1 Å². The number of alkyl halides is 1. The van der Waals surface area contributed by atoms with Crippen molar-refractivity contribution in [2.45, 2.75) is 17.7 Å². The van der Waals surface area contributed by atoms with E-state index in [1.54, 1.807) is 12.1 Å². The highest BCUT2D eigenvalue weighted by Crippen LogP contribution is 2.34. The summed E-state index contributed by atoms with van der Waals surface area (Å²) >= 11 is 7.35. The largest absolute Gasteiger partial charge is 0.359 e. The van der Waals surface area contributed by atoms with Crippen molar-refractivity contribution in [3.05, 3.63) is 76.9 Å². The van der Waals surface area contributed by atoms with E-state index in [4.69, 9.17) is 16.1 Å². The van der Waals surface area contributed by atoms with E-state index in [9.17, 15) is 9.59 Å². The van der Waals surface area contributed by atoms with E-state index in [1.807, 2.05) is 48.5 Å². The second-order valence-corrected chi connectivity index (χ2v) is 8.51. The molecule has 1 aromatic heterocycles. The van der Waals surface area contributed by atoms with Crippen LogP contribution in [0.2, 0.25) is 0 Å². The molecule has 0 radical (unpaired) electrons. The molecule has 7 heteroatoms. The zero-order valence-corrected chi connectivity index (χ0v) is 16.9. The maximum atomic E-state index is 12.1. The molecule has 4 rings (SSSR count). The van der Waals surface area contributed by atoms with E-state index >= 15 is 0 Å². The Hall–Kier alpha value is -2.83. The Labute approximate surface area is 177 Å². The third-order valence-electron chi connectivity index (χ3n) is 4.53. The van der Waals surface area contributed by atoms with Crippen LogP contribution in [0.15, 0.2) is 70.1 Å². The Morgan fingerprint density at radius 2 is 1.97 bits per heavy atom. The minimum absolute atomic E-state index is 0.0749. The van der Waals surface area contributed by atoms with Gasteiger partial charge in [-0.1, -0.05) is 59.8 Å². The number of aromatic nitrogens is 1. The molecule has 2 aromatic carbocycles. The second kappa shape index (κ2) is 8.68. The number of halogens is 1. The zero-order chi connectivity index (χ0) is 20.2. The van der Waals surface area contributed by atoms with Crippen LogP contribution in [-0.2, 0) is 11.3 Å². The van der Waals surface area contributed by atoms with Gasteiger partial charge in [-0.05, 0) is 17.5 Å². The lowest BCUT2D eigenvalue weighted by Crippen LogP contribution is -2.22. The summed E-state index contributed by atoms with van der Waals surface area (Å²) in [5.41, 5.74) is 4.05. The van der Waals surface area contributed by atoms with Crippen molar-refractivity contribution < 1.29 is 14.1 Å². The first-order valence-electron chi connectivity index (χ1n) is 9.04. The summed E-state index contributed by atoms with van der Waals surface area (Å²) in [4.78, 5) is 24.0. The van der Waals surface area contributed by atoms with Crippen LogP contribution in [0.5, 0.6) is 0 Å². The topological polar surface area (TPSA) is 72.2 Å². The molecule has 1 aliphatic rings. The predicted molar refractivity (Wildman–Crippen MR) is 115 cm³/mol. The number of benzene rings is 2. The Bertz CT molecular complexity index is 1080. The first-order valence-corrected chi connectivity index (χ1v) is 10.4. The normalized spacial score (nSPS) is 15.8. The van der Waals surface area contributed by atoms with Crippen LogP contribution in [0.3, 0.4) is 0 Å². The van der Waals surface area contributed by atoms with Crippen LogP contribution in [0.1, 0.15) is 22.5 Å². The molecule has 1 aliphatic heterocycles. The number of allylic oxidation sites excluding steroid dienone is 1. The number of hydrogen-bond acceptors (Lipinski definition) is 5. The van der Waals surface area contributed by atoms with Gasteiger partial charge in [0.1, 0.15) is 5.69 Å². The van der Waals surface area contributed by atoms with Gasteiger partial charge < -0.3 is 9.84 Å². The van der Waals surface area contributed by atoms with Crippen LogP contribution in [0, 0.1) is 0 Å². The fourth-order valence-electron chi connectivity index (χ4n) is 3.05. The first-order chi connectivity index (χ1) is 14.1. The van der Waals surface area contributed by atoms with Crippen molar-refractivity contribution >= 4 is 35.6 Å². The molecule has 0 saturated heterocycles. The minimum Gasteiger partial charge on any atom is -0.359 e. The molecule has 3 aromatic rings. The molecule has 1 N–H and O–H groups in total. The Balaban J connectivity index is 1.43. The standard InChI is InChI=1S/C22H17ClN2O3S/c23-21-10-9-20(29-21)22(27)24-12-17-11-19(25-28-17)15-7-5-14(6-8-15)18-4-2-1-3-16(18)13-26/h1-9,11,13,21H,10,12H2,(H,24,27). The molecule has 0 bridgehead atoms. The summed E-state index contributed by atoms with van der Waals surface area (Å²) in [7, 11) is 0. The Morgan fingerprint density at radius 1 is 1.21 bits per heavy atom. The molecule has 1 unspecified atom stereocenters. The molecule has 29 heavy (non-hydrogen) atoms. The average Bonchev–Trinajstić information content (AvgIpc) is 3.41. The fraction of sp³-hybridized carbons (Fsp3) is 0.136. The highest BCUT2D eigenvalue weighted by atomic mass is 35.5. The second-order valence-electron chi connectivity index (χ2n) is 6.48. The molecule has 1 atom stereocenters. The molecule has 0 aliphatic carbocycles. The van der Waals surface area contributed by atoms with Gasteiger partial charge in [-0.15, -0.1) is 23.4 Å². The van der Waals surface area contributed by atoms with Gasteiger partial charge >= 0.3 is 0 Å². The molecular formula is C22H17ClN2O3S. The highest BCUT2D eigenvalue weighted by Gasteiger charge is 2.21. The van der Waals surface area contributed by atoms with E-state index in [2.05, 4.69) is 10.5 Å². The number of amides is 1. The Kier molecular flexibility index (Phi) is 5.83.